The lowest BCUT2D eigenvalue weighted by atomic mass is 10.3. The highest BCUT2D eigenvalue weighted by Crippen LogP contribution is 2.26. The maximum atomic E-state index is 12.4. The highest BCUT2D eigenvalue weighted by atomic mass is 79.9. The quantitative estimate of drug-likeness (QED) is 0.597. The van der Waals surface area contributed by atoms with Gasteiger partial charge < -0.3 is 9.80 Å². The molecule has 0 saturated heterocycles. The SMILES string of the molecule is CCN(CC)CCCN(CC)CC(Br)C(F)(F)F. The second-order valence-electron chi connectivity index (χ2n) is 4.28. The normalized spacial score (nSPS) is 14.5. The van der Waals surface area contributed by atoms with Crippen LogP contribution >= 0.6 is 15.9 Å². The Hall–Kier alpha value is 0.190. The van der Waals surface area contributed by atoms with E-state index in [1.165, 1.54) is 0 Å². The van der Waals surface area contributed by atoms with Crippen molar-refractivity contribution in [3.8, 4) is 0 Å². The monoisotopic (exact) mass is 332 g/mol. The molecular weight excluding hydrogens is 309 g/mol. The number of hydrogen-bond donors (Lipinski definition) is 0. The Labute approximate surface area is 117 Å². The topological polar surface area (TPSA) is 6.48 Å². The van der Waals surface area contributed by atoms with Gasteiger partial charge in [0.2, 0.25) is 0 Å². The summed E-state index contributed by atoms with van der Waals surface area (Å²) in [6, 6.07) is 0. The first-order valence-corrected chi connectivity index (χ1v) is 7.42. The molecule has 0 radical (unpaired) electrons. The molecule has 0 aliphatic carbocycles. The first-order valence-electron chi connectivity index (χ1n) is 6.50. The summed E-state index contributed by atoms with van der Waals surface area (Å²) >= 11 is 2.71. The summed E-state index contributed by atoms with van der Waals surface area (Å²) in [4.78, 5) is 2.69. The fourth-order valence-corrected chi connectivity index (χ4v) is 2.18. The van der Waals surface area contributed by atoms with Crippen LogP contribution in [-0.4, -0.2) is 60.1 Å². The third kappa shape index (κ3) is 7.59. The summed E-state index contributed by atoms with van der Waals surface area (Å²) in [7, 11) is 0. The van der Waals surface area contributed by atoms with Crippen molar-refractivity contribution in [1.29, 1.82) is 0 Å². The van der Waals surface area contributed by atoms with Gasteiger partial charge in [-0.2, -0.15) is 13.2 Å². The van der Waals surface area contributed by atoms with Crippen LogP contribution in [0.1, 0.15) is 27.2 Å². The van der Waals surface area contributed by atoms with Crippen LogP contribution in [0.25, 0.3) is 0 Å². The summed E-state index contributed by atoms with van der Waals surface area (Å²) in [5.41, 5.74) is 0. The van der Waals surface area contributed by atoms with Crippen LogP contribution in [0.5, 0.6) is 0 Å². The number of hydrogen-bond acceptors (Lipinski definition) is 2. The predicted molar refractivity (Wildman–Crippen MR) is 73.3 cm³/mol. The van der Waals surface area contributed by atoms with Crippen LogP contribution in [-0.2, 0) is 0 Å². The van der Waals surface area contributed by atoms with Gasteiger partial charge >= 0.3 is 6.18 Å². The van der Waals surface area contributed by atoms with Crippen molar-refractivity contribution >= 4 is 15.9 Å². The van der Waals surface area contributed by atoms with Crippen LogP contribution in [0.3, 0.4) is 0 Å². The average molecular weight is 333 g/mol. The predicted octanol–water partition coefficient (Wildman–Crippen LogP) is 3.37. The molecule has 110 valence electrons. The first kappa shape index (κ1) is 18.2. The molecule has 0 aromatic rings. The molecule has 18 heavy (non-hydrogen) atoms. The number of halogens is 4. The van der Waals surface area contributed by atoms with Crippen molar-refractivity contribution in [2.24, 2.45) is 0 Å². The Morgan fingerprint density at radius 2 is 1.39 bits per heavy atom. The van der Waals surface area contributed by atoms with E-state index in [1.54, 1.807) is 0 Å². The molecule has 0 heterocycles. The molecular formula is C12H24BrF3N2. The Morgan fingerprint density at radius 3 is 1.78 bits per heavy atom. The zero-order valence-electron chi connectivity index (χ0n) is 11.4. The van der Waals surface area contributed by atoms with Gasteiger partial charge in [-0.3, -0.25) is 0 Å². The van der Waals surface area contributed by atoms with Crippen LogP contribution in [0.4, 0.5) is 13.2 Å². The minimum Gasteiger partial charge on any atom is -0.304 e. The van der Waals surface area contributed by atoms with Gasteiger partial charge in [-0.15, -0.1) is 0 Å². The molecule has 6 heteroatoms. The summed E-state index contributed by atoms with van der Waals surface area (Å²) < 4.78 is 37.3. The van der Waals surface area contributed by atoms with Crippen molar-refractivity contribution < 1.29 is 13.2 Å². The van der Waals surface area contributed by atoms with E-state index in [0.717, 1.165) is 26.1 Å². The highest BCUT2D eigenvalue weighted by molar-refractivity contribution is 9.09. The Morgan fingerprint density at radius 1 is 0.944 bits per heavy atom. The zero-order valence-corrected chi connectivity index (χ0v) is 13.0. The second-order valence-corrected chi connectivity index (χ2v) is 5.39. The smallest absolute Gasteiger partial charge is 0.304 e. The van der Waals surface area contributed by atoms with Crippen molar-refractivity contribution in [2.45, 2.75) is 38.2 Å². The maximum Gasteiger partial charge on any atom is 0.402 e. The van der Waals surface area contributed by atoms with Gasteiger partial charge in [0.05, 0.1) is 0 Å². The van der Waals surface area contributed by atoms with E-state index < -0.39 is 11.0 Å². The van der Waals surface area contributed by atoms with E-state index in [2.05, 4.69) is 34.7 Å². The number of nitrogens with zero attached hydrogens (tertiary/aromatic N) is 2. The molecule has 0 fully saturated rings. The molecule has 0 aromatic carbocycles. The zero-order chi connectivity index (χ0) is 14.2. The molecule has 2 nitrogen and oxygen atoms in total. The van der Waals surface area contributed by atoms with Gasteiger partial charge in [0.1, 0.15) is 4.83 Å². The molecule has 0 aliphatic rings. The van der Waals surface area contributed by atoms with Gasteiger partial charge in [0.25, 0.3) is 0 Å². The largest absolute Gasteiger partial charge is 0.402 e. The van der Waals surface area contributed by atoms with Crippen LogP contribution in [0.15, 0.2) is 0 Å². The molecule has 0 bridgehead atoms. The number of alkyl halides is 4. The summed E-state index contributed by atoms with van der Waals surface area (Å²) in [5, 5.41) is 0. The van der Waals surface area contributed by atoms with Gasteiger partial charge in [-0.05, 0) is 39.1 Å². The third-order valence-corrected chi connectivity index (χ3v) is 3.87. The van der Waals surface area contributed by atoms with E-state index in [0.29, 0.717) is 13.1 Å². The van der Waals surface area contributed by atoms with E-state index in [4.69, 9.17) is 0 Å². The highest BCUT2D eigenvalue weighted by Gasteiger charge is 2.38. The molecule has 1 atom stereocenters. The van der Waals surface area contributed by atoms with Crippen molar-refractivity contribution in [3.63, 3.8) is 0 Å². The second kappa shape index (κ2) is 9.15. The fraction of sp³-hybridized carbons (Fsp3) is 1.00. The molecule has 0 saturated carbocycles. The van der Waals surface area contributed by atoms with E-state index >= 15 is 0 Å². The van der Waals surface area contributed by atoms with Crippen molar-refractivity contribution in [2.75, 3.05) is 39.3 Å². The van der Waals surface area contributed by atoms with Gasteiger partial charge in [-0.1, -0.05) is 36.7 Å². The van der Waals surface area contributed by atoms with Gasteiger partial charge in [-0.25, -0.2) is 0 Å². The molecule has 0 spiro atoms. The van der Waals surface area contributed by atoms with E-state index in [-0.39, 0.29) is 6.54 Å². The van der Waals surface area contributed by atoms with Crippen LogP contribution in [0, 0.1) is 0 Å². The third-order valence-electron chi connectivity index (χ3n) is 3.06. The van der Waals surface area contributed by atoms with Gasteiger partial charge in [0.15, 0.2) is 0 Å². The lowest BCUT2D eigenvalue weighted by Crippen LogP contribution is -2.38. The summed E-state index contributed by atoms with van der Waals surface area (Å²) in [6.45, 7) is 10.4. The van der Waals surface area contributed by atoms with Crippen molar-refractivity contribution in [1.82, 2.24) is 9.80 Å². The van der Waals surface area contributed by atoms with Crippen LogP contribution in [0.2, 0.25) is 0 Å². The molecule has 0 N–H and O–H groups in total. The summed E-state index contributed by atoms with van der Waals surface area (Å²) in [5.74, 6) is 0. The van der Waals surface area contributed by atoms with Gasteiger partial charge in [0, 0.05) is 6.54 Å². The summed E-state index contributed by atoms with van der Waals surface area (Å²) in [6.07, 6.45) is -3.25. The average Bonchev–Trinajstić information content (AvgIpc) is 2.31. The minimum absolute atomic E-state index is 0.0260. The Bertz CT molecular complexity index is 208. The molecule has 1 unspecified atom stereocenters. The lowest BCUT2D eigenvalue weighted by molar-refractivity contribution is -0.130. The maximum absolute atomic E-state index is 12.4. The molecule has 0 rings (SSSR count). The van der Waals surface area contributed by atoms with E-state index in [9.17, 15) is 13.2 Å². The standard InChI is InChI=1S/C12H24BrF3N2/c1-4-17(5-2)8-7-9-18(6-3)10-11(13)12(14,15)16/h11H,4-10H2,1-3H3. The van der Waals surface area contributed by atoms with Crippen molar-refractivity contribution in [3.05, 3.63) is 0 Å². The van der Waals surface area contributed by atoms with Crippen LogP contribution < -0.4 is 0 Å². The lowest BCUT2D eigenvalue weighted by Gasteiger charge is -2.26. The Balaban J connectivity index is 3.97. The Kier molecular flexibility index (Phi) is 9.25. The fourth-order valence-electron chi connectivity index (χ4n) is 1.77. The van der Waals surface area contributed by atoms with E-state index in [1.807, 2.05) is 11.8 Å². The molecule has 0 aliphatic heterocycles. The minimum atomic E-state index is -4.16. The molecule has 0 aromatic heterocycles. The number of rotatable bonds is 9. The first-order chi connectivity index (χ1) is 8.35. The molecule has 0 amide bonds.